The minimum atomic E-state index is -0.805. The molecule has 0 bridgehead atoms. The molecule has 1 amide bonds. The smallest absolute Gasteiger partial charge is 0.303 e. The third-order valence-electron chi connectivity index (χ3n) is 7.09. The molecule has 0 saturated carbocycles. The zero-order valence-electron chi connectivity index (χ0n) is 21.9. The van der Waals surface area contributed by atoms with Crippen molar-refractivity contribution in [1.29, 1.82) is 0 Å². The van der Waals surface area contributed by atoms with Crippen molar-refractivity contribution in [3.8, 4) is 11.3 Å². The SMILES string of the molecule is Cc1cccc(N2CCN(C(=O)c3ccc4nc(-c5ccc(Cl)cc5)c(CCCCC(=O)O)nc4c3)CC2)c1. The third-order valence-corrected chi connectivity index (χ3v) is 7.34. The molecule has 39 heavy (non-hydrogen) atoms. The van der Waals surface area contributed by atoms with Gasteiger partial charge in [-0.05, 0) is 74.2 Å². The van der Waals surface area contributed by atoms with Gasteiger partial charge in [-0.3, -0.25) is 9.59 Å². The first kappa shape index (κ1) is 26.6. The second-order valence-electron chi connectivity index (χ2n) is 9.95. The predicted molar refractivity (Wildman–Crippen MR) is 154 cm³/mol. The van der Waals surface area contributed by atoms with E-state index < -0.39 is 5.97 Å². The molecule has 1 aliphatic heterocycles. The second kappa shape index (κ2) is 11.8. The topological polar surface area (TPSA) is 86.6 Å². The van der Waals surface area contributed by atoms with E-state index in [1.807, 2.05) is 47.4 Å². The van der Waals surface area contributed by atoms with Crippen LogP contribution in [0.5, 0.6) is 0 Å². The number of piperazine rings is 1. The van der Waals surface area contributed by atoms with Crippen LogP contribution in [0.3, 0.4) is 0 Å². The normalized spacial score (nSPS) is 13.6. The van der Waals surface area contributed by atoms with Gasteiger partial charge in [0.25, 0.3) is 5.91 Å². The van der Waals surface area contributed by atoms with Crippen molar-refractivity contribution in [2.24, 2.45) is 0 Å². The van der Waals surface area contributed by atoms with E-state index in [0.717, 1.165) is 30.0 Å². The van der Waals surface area contributed by atoms with Gasteiger partial charge in [-0.25, -0.2) is 9.97 Å². The van der Waals surface area contributed by atoms with E-state index >= 15 is 0 Å². The molecule has 0 aliphatic carbocycles. The zero-order chi connectivity index (χ0) is 27.4. The number of carboxylic acids is 1. The van der Waals surface area contributed by atoms with Gasteiger partial charge in [-0.15, -0.1) is 0 Å². The van der Waals surface area contributed by atoms with Crippen LogP contribution >= 0.6 is 11.6 Å². The van der Waals surface area contributed by atoms with Crippen LogP contribution in [0.25, 0.3) is 22.3 Å². The predicted octanol–water partition coefficient (Wildman–Crippen LogP) is 6.02. The molecule has 4 aromatic rings. The Balaban J connectivity index is 1.36. The average Bonchev–Trinajstić information content (AvgIpc) is 2.94. The van der Waals surface area contributed by atoms with E-state index in [-0.39, 0.29) is 12.3 Å². The van der Waals surface area contributed by atoms with Crippen LogP contribution in [0.15, 0.2) is 66.7 Å². The zero-order valence-corrected chi connectivity index (χ0v) is 22.7. The van der Waals surface area contributed by atoms with E-state index in [4.69, 9.17) is 26.7 Å². The number of aryl methyl sites for hydroxylation is 2. The lowest BCUT2D eigenvalue weighted by molar-refractivity contribution is -0.137. The Morgan fingerprint density at radius 3 is 2.38 bits per heavy atom. The third kappa shape index (κ3) is 6.37. The van der Waals surface area contributed by atoms with Gasteiger partial charge >= 0.3 is 5.97 Å². The summed E-state index contributed by atoms with van der Waals surface area (Å²) in [6.45, 7) is 4.97. The lowest BCUT2D eigenvalue weighted by atomic mass is 10.0. The second-order valence-corrected chi connectivity index (χ2v) is 10.4. The quantitative estimate of drug-likeness (QED) is 0.274. The Hall–Kier alpha value is -3.97. The number of aromatic nitrogens is 2. The Morgan fingerprint density at radius 2 is 1.67 bits per heavy atom. The van der Waals surface area contributed by atoms with E-state index in [2.05, 4.69) is 36.1 Å². The van der Waals surface area contributed by atoms with Crippen LogP contribution in [-0.2, 0) is 11.2 Å². The Bertz CT molecular complexity index is 1500. The maximum Gasteiger partial charge on any atom is 0.303 e. The molecular formula is C31H31ClN4O3. The number of carbonyl (C=O) groups excluding carboxylic acids is 1. The molecule has 8 heteroatoms. The van der Waals surface area contributed by atoms with E-state index in [1.165, 1.54) is 11.3 Å². The summed E-state index contributed by atoms with van der Waals surface area (Å²) in [7, 11) is 0. The summed E-state index contributed by atoms with van der Waals surface area (Å²) in [4.78, 5) is 38.4. The fraction of sp³-hybridized carbons (Fsp3) is 0.290. The van der Waals surface area contributed by atoms with Gasteiger partial charge < -0.3 is 14.9 Å². The van der Waals surface area contributed by atoms with E-state index in [0.29, 0.717) is 54.0 Å². The van der Waals surface area contributed by atoms with Crippen LogP contribution in [-0.4, -0.2) is 58.0 Å². The monoisotopic (exact) mass is 542 g/mol. The number of fused-ring (bicyclic) bond motifs is 1. The first-order valence-electron chi connectivity index (χ1n) is 13.3. The summed E-state index contributed by atoms with van der Waals surface area (Å²) in [6.07, 6.45) is 1.94. The van der Waals surface area contributed by atoms with Crippen LogP contribution < -0.4 is 4.90 Å². The van der Waals surface area contributed by atoms with Gasteiger partial charge in [-0.1, -0.05) is 35.9 Å². The molecule has 1 saturated heterocycles. The molecule has 1 fully saturated rings. The molecule has 2 heterocycles. The number of amides is 1. The number of unbranched alkanes of at least 4 members (excludes halogenated alkanes) is 1. The number of rotatable bonds is 8. The number of anilines is 1. The molecule has 0 unspecified atom stereocenters. The Kier molecular flexibility index (Phi) is 8.07. The Labute approximate surface area is 233 Å². The van der Waals surface area contributed by atoms with Crippen molar-refractivity contribution in [3.63, 3.8) is 0 Å². The van der Waals surface area contributed by atoms with Crippen LogP contribution in [0.2, 0.25) is 5.02 Å². The molecule has 1 aliphatic rings. The number of hydrogen-bond acceptors (Lipinski definition) is 5. The highest BCUT2D eigenvalue weighted by molar-refractivity contribution is 6.30. The van der Waals surface area contributed by atoms with Crippen molar-refractivity contribution in [2.75, 3.05) is 31.1 Å². The lowest BCUT2D eigenvalue weighted by Crippen LogP contribution is -2.48. The van der Waals surface area contributed by atoms with Gasteiger partial charge in [0, 0.05) is 54.4 Å². The molecule has 0 atom stereocenters. The minimum absolute atomic E-state index is 0.00706. The number of benzene rings is 3. The Morgan fingerprint density at radius 1 is 0.897 bits per heavy atom. The lowest BCUT2D eigenvalue weighted by Gasteiger charge is -2.36. The number of carbonyl (C=O) groups is 2. The van der Waals surface area contributed by atoms with Crippen LogP contribution in [0.4, 0.5) is 5.69 Å². The summed E-state index contributed by atoms with van der Waals surface area (Å²) in [6, 6.07) is 21.4. The van der Waals surface area contributed by atoms with Crippen molar-refractivity contribution >= 4 is 40.2 Å². The van der Waals surface area contributed by atoms with Crippen molar-refractivity contribution < 1.29 is 14.7 Å². The molecule has 0 spiro atoms. The minimum Gasteiger partial charge on any atom is -0.481 e. The standard InChI is InChI=1S/C31H31ClN4O3/c1-21-5-4-6-25(19-21)35-15-17-36(18-16-35)31(39)23-11-14-26-28(20-23)33-27(7-2-3-8-29(37)38)30(34-26)22-9-12-24(32)13-10-22/h4-6,9-14,19-20H,2-3,7-8,15-18H2,1H3,(H,37,38). The van der Waals surface area contributed by atoms with E-state index in [9.17, 15) is 9.59 Å². The molecule has 200 valence electrons. The fourth-order valence-corrected chi connectivity index (χ4v) is 5.11. The number of aliphatic carboxylic acids is 1. The number of halogens is 1. The number of carboxylic acid groups (broad SMARTS) is 1. The van der Waals surface area contributed by atoms with Crippen molar-refractivity contribution in [1.82, 2.24) is 14.9 Å². The molecular weight excluding hydrogens is 512 g/mol. The first-order valence-corrected chi connectivity index (χ1v) is 13.6. The molecule has 1 aromatic heterocycles. The van der Waals surface area contributed by atoms with Gasteiger partial charge in [0.05, 0.1) is 22.4 Å². The summed E-state index contributed by atoms with van der Waals surface area (Å²) < 4.78 is 0. The maximum atomic E-state index is 13.4. The summed E-state index contributed by atoms with van der Waals surface area (Å²) >= 11 is 6.09. The largest absolute Gasteiger partial charge is 0.481 e. The van der Waals surface area contributed by atoms with Crippen LogP contribution in [0.1, 0.15) is 40.9 Å². The number of nitrogens with zero attached hydrogens (tertiary/aromatic N) is 4. The maximum absolute atomic E-state index is 13.4. The fourth-order valence-electron chi connectivity index (χ4n) is 4.98. The summed E-state index contributed by atoms with van der Waals surface area (Å²) in [5.41, 5.74) is 6.80. The summed E-state index contributed by atoms with van der Waals surface area (Å²) in [5, 5.41) is 9.64. The molecule has 0 radical (unpaired) electrons. The highest BCUT2D eigenvalue weighted by atomic mass is 35.5. The van der Waals surface area contributed by atoms with Gasteiger partial charge in [0.1, 0.15) is 0 Å². The average molecular weight is 543 g/mol. The van der Waals surface area contributed by atoms with Crippen molar-refractivity contribution in [2.45, 2.75) is 32.6 Å². The van der Waals surface area contributed by atoms with Gasteiger partial charge in [-0.2, -0.15) is 0 Å². The summed E-state index contributed by atoms with van der Waals surface area (Å²) in [5.74, 6) is -0.812. The van der Waals surface area contributed by atoms with E-state index in [1.54, 1.807) is 0 Å². The molecule has 3 aromatic carbocycles. The van der Waals surface area contributed by atoms with Gasteiger partial charge in [0.2, 0.25) is 0 Å². The highest BCUT2D eigenvalue weighted by Crippen LogP contribution is 2.27. The molecule has 7 nitrogen and oxygen atoms in total. The van der Waals surface area contributed by atoms with Crippen molar-refractivity contribution in [3.05, 3.63) is 88.6 Å². The molecule has 5 rings (SSSR count). The van der Waals surface area contributed by atoms with Crippen LogP contribution in [0, 0.1) is 6.92 Å². The molecule has 1 N–H and O–H groups in total. The highest BCUT2D eigenvalue weighted by Gasteiger charge is 2.23. The number of hydrogen-bond donors (Lipinski definition) is 1. The first-order chi connectivity index (χ1) is 18.9. The van der Waals surface area contributed by atoms with Gasteiger partial charge in [0.15, 0.2) is 0 Å².